The summed E-state index contributed by atoms with van der Waals surface area (Å²) in [5, 5.41) is 6.38. The Morgan fingerprint density at radius 1 is 1.32 bits per heavy atom. The molecule has 1 atom stereocenters. The van der Waals surface area contributed by atoms with Crippen LogP contribution in [0.2, 0.25) is 0 Å². The lowest BCUT2D eigenvalue weighted by molar-refractivity contribution is -0.121. The highest BCUT2D eigenvalue weighted by molar-refractivity contribution is 5.95. The molecule has 0 aromatic heterocycles. The van der Waals surface area contributed by atoms with Gasteiger partial charge in [0.05, 0.1) is 6.04 Å². The molecule has 1 amide bonds. The van der Waals surface area contributed by atoms with Gasteiger partial charge in [0.15, 0.2) is 0 Å². The number of piperidine rings is 1. The van der Waals surface area contributed by atoms with Crippen molar-refractivity contribution in [3.8, 4) is 0 Å². The Hall–Kier alpha value is -1.35. The molecule has 3 nitrogen and oxygen atoms in total. The summed E-state index contributed by atoms with van der Waals surface area (Å²) in [6.45, 7) is 9.38. The number of amides is 1. The van der Waals surface area contributed by atoms with Crippen LogP contribution < -0.4 is 10.6 Å². The van der Waals surface area contributed by atoms with E-state index < -0.39 is 0 Å². The van der Waals surface area contributed by atoms with Crippen LogP contribution >= 0.6 is 0 Å². The Morgan fingerprint density at radius 3 is 2.68 bits per heavy atom. The van der Waals surface area contributed by atoms with Crippen LogP contribution in [0.4, 0.5) is 5.69 Å². The van der Waals surface area contributed by atoms with E-state index in [1.807, 2.05) is 18.2 Å². The molecule has 19 heavy (non-hydrogen) atoms. The number of hydrogen-bond acceptors (Lipinski definition) is 2. The van der Waals surface area contributed by atoms with Crippen molar-refractivity contribution >= 4 is 11.6 Å². The summed E-state index contributed by atoms with van der Waals surface area (Å²) in [6.07, 6.45) is 2.23. The van der Waals surface area contributed by atoms with Gasteiger partial charge in [-0.3, -0.25) is 4.79 Å². The number of aryl methyl sites for hydroxylation is 2. The second-order valence-corrected chi connectivity index (χ2v) is 6.27. The van der Waals surface area contributed by atoms with Crippen molar-refractivity contribution in [2.75, 3.05) is 11.9 Å². The standard InChI is InChI=1S/C16H24N2O/c1-11-6-7-13(10-12(11)2)18-15(19)14-16(3,4)8-5-9-17-14/h6-7,10,14,17H,5,8-9H2,1-4H3,(H,18,19). The second kappa shape index (κ2) is 5.33. The van der Waals surface area contributed by atoms with Gasteiger partial charge < -0.3 is 10.6 Å². The van der Waals surface area contributed by atoms with Gasteiger partial charge in [0.2, 0.25) is 5.91 Å². The van der Waals surface area contributed by atoms with E-state index in [0.29, 0.717) is 0 Å². The van der Waals surface area contributed by atoms with Crippen LogP contribution in [0.1, 0.15) is 37.8 Å². The molecule has 2 rings (SSSR count). The predicted molar refractivity (Wildman–Crippen MR) is 79.4 cm³/mol. The molecule has 0 saturated carbocycles. The molecule has 0 radical (unpaired) electrons. The molecule has 1 aliphatic rings. The van der Waals surface area contributed by atoms with Crippen LogP contribution in [-0.2, 0) is 4.79 Å². The van der Waals surface area contributed by atoms with Gasteiger partial charge in [-0.2, -0.15) is 0 Å². The number of hydrogen-bond donors (Lipinski definition) is 2. The average Bonchev–Trinajstić information content (AvgIpc) is 2.33. The van der Waals surface area contributed by atoms with Crippen LogP contribution in [0.5, 0.6) is 0 Å². The first kappa shape index (κ1) is 14.1. The second-order valence-electron chi connectivity index (χ2n) is 6.27. The highest BCUT2D eigenvalue weighted by atomic mass is 16.2. The zero-order chi connectivity index (χ0) is 14.0. The molecule has 0 aliphatic carbocycles. The van der Waals surface area contributed by atoms with Gasteiger partial charge >= 0.3 is 0 Å². The minimum absolute atomic E-state index is 0.0159. The molecule has 1 aliphatic heterocycles. The minimum Gasteiger partial charge on any atom is -0.325 e. The number of benzene rings is 1. The molecule has 3 heteroatoms. The van der Waals surface area contributed by atoms with Crippen LogP contribution in [0.3, 0.4) is 0 Å². The summed E-state index contributed by atoms with van der Waals surface area (Å²) < 4.78 is 0. The summed E-state index contributed by atoms with van der Waals surface area (Å²) in [5.74, 6) is 0.0768. The zero-order valence-electron chi connectivity index (χ0n) is 12.3. The van der Waals surface area contributed by atoms with Gasteiger partial charge in [-0.1, -0.05) is 19.9 Å². The first-order chi connectivity index (χ1) is 8.90. The van der Waals surface area contributed by atoms with Crippen molar-refractivity contribution < 1.29 is 4.79 Å². The van der Waals surface area contributed by atoms with Gasteiger partial charge in [0, 0.05) is 5.69 Å². The van der Waals surface area contributed by atoms with Gasteiger partial charge in [0.25, 0.3) is 0 Å². The highest BCUT2D eigenvalue weighted by Crippen LogP contribution is 2.30. The summed E-state index contributed by atoms with van der Waals surface area (Å²) in [5.41, 5.74) is 3.35. The quantitative estimate of drug-likeness (QED) is 0.858. The molecule has 0 spiro atoms. The topological polar surface area (TPSA) is 41.1 Å². The third kappa shape index (κ3) is 3.16. The fourth-order valence-corrected chi connectivity index (χ4v) is 2.69. The van der Waals surface area contributed by atoms with Crippen LogP contribution in [0.15, 0.2) is 18.2 Å². The van der Waals surface area contributed by atoms with Gasteiger partial charge in [-0.05, 0) is 61.9 Å². The predicted octanol–water partition coefficient (Wildman–Crippen LogP) is 3.02. The molecule has 1 aromatic rings. The number of rotatable bonds is 2. The fourth-order valence-electron chi connectivity index (χ4n) is 2.69. The molecule has 1 aromatic carbocycles. The zero-order valence-corrected chi connectivity index (χ0v) is 12.3. The van der Waals surface area contributed by atoms with Gasteiger partial charge in [0.1, 0.15) is 0 Å². The van der Waals surface area contributed by atoms with E-state index in [9.17, 15) is 4.79 Å². The number of carbonyl (C=O) groups is 1. The smallest absolute Gasteiger partial charge is 0.242 e. The Kier molecular flexibility index (Phi) is 3.95. The van der Waals surface area contributed by atoms with Crippen molar-refractivity contribution in [3.05, 3.63) is 29.3 Å². The monoisotopic (exact) mass is 260 g/mol. The largest absolute Gasteiger partial charge is 0.325 e. The molecule has 0 bridgehead atoms. The third-order valence-electron chi connectivity index (χ3n) is 4.16. The van der Waals surface area contributed by atoms with E-state index in [1.165, 1.54) is 11.1 Å². The van der Waals surface area contributed by atoms with Crippen LogP contribution in [0.25, 0.3) is 0 Å². The van der Waals surface area contributed by atoms with E-state index in [2.05, 4.69) is 38.3 Å². The molecule has 2 N–H and O–H groups in total. The normalized spacial score (nSPS) is 22.0. The van der Waals surface area contributed by atoms with Gasteiger partial charge in [-0.15, -0.1) is 0 Å². The Bertz CT molecular complexity index is 480. The highest BCUT2D eigenvalue weighted by Gasteiger charge is 2.36. The van der Waals surface area contributed by atoms with Crippen molar-refractivity contribution in [1.82, 2.24) is 5.32 Å². The molecule has 1 unspecified atom stereocenters. The maximum absolute atomic E-state index is 12.4. The van der Waals surface area contributed by atoms with Crippen LogP contribution in [0, 0.1) is 19.3 Å². The Labute approximate surface area is 115 Å². The minimum atomic E-state index is -0.108. The van der Waals surface area contributed by atoms with E-state index in [1.54, 1.807) is 0 Å². The summed E-state index contributed by atoms with van der Waals surface area (Å²) in [7, 11) is 0. The molecule has 1 saturated heterocycles. The Balaban J connectivity index is 2.09. The van der Waals surface area contributed by atoms with E-state index in [-0.39, 0.29) is 17.4 Å². The number of nitrogens with one attached hydrogen (secondary N) is 2. The Morgan fingerprint density at radius 2 is 2.05 bits per heavy atom. The molecule has 104 valence electrons. The summed E-state index contributed by atoms with van der Waals surface area (Å²) >= 11 is 0. The molecular weight excluding hydrogens is 236 g/mol. The van der Waals surface area contributed by atoms with E-state index in [0.717, 1.165) is 25.1 Å². The van der Waals surface area contributed by atoms with Crippen molar-refractivity contribution in [2.45, 2.75) is 46.6 Å². The first-order valence-corrected chi connectivity index (χ1v) is 7.02. The molecular formula is C16H24N2O. The van der Waals surface area contributed by atoms with Crippen molar-refractivity contribution in [1.29, 1.82) is 0 Å². The van der Waals surface area contributed by atoms with E-state index >= 15 is 0 Å². The molecule has 1 fully saturated rings. The lowest BCUT2D eigenvalue weighted by atomic mass is 9.77. The average molecular weight is 260 g/mol. The van der Waals surface area contributed by atoms with Crippen molar-refractivity contribution in [3.63, 3.8) is 0 Å². The lowest BCUT2D eigenvalue weighted by Gasteiger charge is -2.38. The first-order valence-electron chi connectivity index (χ1n) is 7.02. The van der Waals surface area contributed by atoms with Gasteiger partial charge in [-0.25, -0.2) is 0 Å². The summed E-state index contributed by atoms with van der Waals surface area (Å²) in [4.78, 5) is 12.4. The van der Waals surface area contributed by atoms with Crippen molar-refractivity contribution in [2.24, 2.45) is 5.41 Å². The molecule has 1 heterocycles. The van der Waals surface area contributed by atoms with Crippen LogP contribution in [-0.4, -0.2) is 18.5 Å². The lowest BCUT2D eigenvalue weighted by Crippen LogP contribution is -2.53. The number of carbonyl (C=O) groups excluding carboxylic acids is 1. The number of anilines is 1. The third-order valence-corrected chi connectivity index (χ3v) is 4.16. The van der Waals surface area contributed by atoms with E-state index in [4.69, 9.17) is 0 Å². The maximum atomic E-state index is 12.4. The SMILES string of the molecule is Cc1ccc(NC(=O)C2NCCCC2(C)C)cc1C. The fraction of sp³-hybridized carbons (Fsp3) is 0.562. The maximum Gasteiger partial charge on any atom is 0.242 e. The summed E-state index contributed by atoms with van der Waals surface area (Å²) in [6, 6.07) is 5.94.